The second kappa shape index (κ2) is 6.60. The van der Waals surface area contributed by atoms with Gasteiger partial charge < -0.3 is 10.9 Å². The number of carbonyl (C=O) groups is 3. The van der Waals surface area contributed by atoms with Gasteiger partial charge in [-0.05, 0) is 79.8 Å². The van der Waals surface area contributed by atoms with Gasteiger partial charge in [0.15, 0.2) is 17.2 Å². The first kappa shape index (κ1) is 22.0. The molecule has 6 aliphatic rings. The Balaban J connectivity index is 0.00000116. The van der Waals surface area contributed by atoms with E-state index in [1.807, 2.05) is 6.08 Å². The fraction of sp³-hybridized carbons (Fsp3) is 0.792. The Morgan fingerprint density at radius 1 is 1.13 bits per heavy atom. The van der Waals surface area contributed by atoms with Crippen molar-refractivity contribution in [1.82, 2.24) is 0 Å². The summed E-state index contributed by atoms with van der Waals surface area (Å²) in [6.07, 6.45) is 6.59. The number of rotatable bonds is 2. The Labute approximate surface area is 222 Å². The molecule has 0 aromatic carbocycles. The summed E-state index contributed by atoms with van der Waals surface area (Å²) in [6, 6.07) is 0. The van der Waals surface area contributed by atoms with Crippen molar-refractivity contribution in [3.63, 3.8) is 0 Å². The predicted molar refractivity (Wildman–Crippen MR) is 105 cm³/mol. The molecule has 158 valence electrons. The molecule has 10 atom stereocenters. The Hall–Kier alpha value is 0.146. The van der Waals surface area contributed by atoms with Crippen LogP contribution in [0.1, 0.15) is 61.2 Å². The average molecular weight is 439 g/mol. The molecule has 0 radical (unpaired) electrons. The zero-order valence-corrected chi connectivity index (χ0v) is 21.8. The topological polar surface area (TPSA) is 73.0 Å². The number of hydrogen-bond donors (Lipinski definition) is 0. The van der Waals surface area contributed by atoms with Crippen molar-refractivity contribution < 1.29 is 76.7 Å². The first-order valence-electron chi connectivity index (χ1n) is 11.3. The van der Waals surface area contributed by atoms with E-state index in [-0.39, 0.29) is 93.5 Å². The van der Waals surface area contributed by atoms with Crippen LogP contribution in [-0.2, 0) is 23.9 Å². The molecule has 5 aliphatic carbocycles. The third kappa shape index (κ3) is 2.44. The van der Waals surface area contributed by atoms with Crippen molar-refractivity contribution in [2.75, 3.05) is 0 Å². The summed E-state index contributed by atoms with van der Waals surface area (Å²) in [7, 11) is 0. The minimum atomic E-state index is -0.999. The second-order valence-corrected chi connectivity index (χ2v) is 11.0. The molecule has 1 heterocycles. The molecular weight excluding hydrogens is 407 g/mol. The Morgan fingerprint density at radius 3 is 2.50 bits per heavy atom. The maximum absolute atomic E-state index is 12.8. The number of ether oxygens (including phenoxy) is 2. The van der Waals surface area contributed by atoms with Crippen LogP contribution in [0, 0.1) is 40.4 Å². The summed E-state index contributed by atoms with van der Waals surface area (Å²) in [5.41, 5.74) is -0.0364. The first-order valence-corrected chi connectivity index (χ1v) is 11.3. The molecule has 30 heavy (non-hydrogen) atoms. The largest absolute Gasteiger partial charge is 1.00 e. The van der Waals surface area contributed by atoms with Crippen LogP contribution in [0.5, 0.6) is 0 Å². The van der Waals surface area contributed by atoms with Crippen molar-refractivity contribution in [1.29, 1.82) is 0 Å². The van der Waals surface area contributed by atoms with Crippen LogP contribution in [0.3, 0.4) is 0 Å². The van der Waals surface area contributed by atoms with Crippen molar-refractivity contribution >= 4 is 17.5 Å². The van der Waals surface area contributed by atoms with Crippen LogP contribution < -0.4 is 51.4 Å². The molecule has 0 amide bonds. The number of esters is 1. The normalized spacial score (nSPS) is 54.2. The van der Waals surface area contributed by atoms with Gasteiger partial charge in [-0.25, -0.2) is 0 Å². The van der Waals surface area contributed by atoms with E-state index in [1.165, 1.54) is 12.5 Å². The third-order valence-corrected chi connectivity index (χ3v) is 10.2. The van der Waals surface area contributed by atoms with Crippen molar-refractivity contribution in [2.45, 2.75) is 77.6 Å². The molecule has 0 bridgehead atoms. The quantitative estimate of drug-likeness (QED) is 0.354. The Bertz CT molecular complexity index is 902. The minimum absolute atomic E-state index is 0. The maximum Gasteiger partial charge on any atom is 1.00 e. The van der Waals surface area contributed by atoms with Gasteiger partial charge in [0.25, 0.3) is 0 Å². The Kier molecular flexibility index (Phi) is 4.83. The number of Topliss-reactive ketones (excluding diaryl/α,β-unsaturated/α-hetero) is 1. The molecule has 0 N–H and O–H groups in total. The van der Waals surface area contributed by atoms with E-state index in [9.17, 15) is 14.4 Å². The van der Waals surface area contributed by atoms with E-state index >= 15 is 0 Å². The molecule has 5 nitrogen and oxygen atoms in total. The molecule has 1 aliphatic heterocycles. The summed E-state index contributed by atoms with van der Waals surface area (Å²) in [6.45, 7) is 7.57. The third-order valence-electron chi connectivity index (χ3n) is 10.2. The molecule has 0 aromatic heterocycles. The van der Waals surface area contributed by atoms with E-state index in [4.69, 9.17) is 9.47 Å². The van der Waals surface area contributed by atoms with E-state index in [0.717, 1.165) is 25.7 Å². The van der Waals surface area contributed by atoms with Crippen molar-refractivity contribution in [2.24, 2.45) is 40.4 Å². The van der Waals surface area contributed by atoms with Gasteiger partial charge in [0.05, 0.1) is 6.10 Å². The minimum Gasteiger partial charge on any atom is -1.00 e. The number of fused-ring (bicyclic) bond motifs is 10. The molecule has 0 spiro atoms. The zero-order valence-electron chi connectivity index (χ0n) is 19.7. The van der Waals surface area contributed by atoms with Gasteiger partial charge in [0.2, 0.25) is 0 Å². The molecule has 6 rings (SSSR count). The summed E-state index contributed by atoms with van der Waals surface area (Å²) in [4.78, 5) is 37.2. The molecule has 4 saturated carbocycles. The number of carbonyl (C=O) groups excluding carboxylic acids is 3. The summed E-state index contributed by atoms with van der Waals surface area (Å²) in [5, 5.41) is 0. The molecule has 6 heteroatoms. The second-order valence-electron chi connectivity index (χ2n) is 11.0. The van der Waals surface area contributed by atoms with E-state index in [1.54, 1.807) is 6.92 Å². The van der Waals surface area contributed by atoms with Crippen molar-refractivity contribution in [3.05, 3.63) is 11.6 Å². The monoisotopic (exact) mass is 438 g/mol. The SMILES string of the molecule is CC(=O)O[C@]1(C(C)=O)CCC2C3C(CC[C@@]21C)[C@]1(C)C(=CC(=O)[C@@H]2CC21)C1O[C@H]13.[H-].[K+]. The smallest absolute Gasteiger partial charge is 1.00 e. The van der Waals surface area contributed by atoms with E-state index in [2.05, 4.69) is 13.8 Å². The van der Waals surface area contributed by atoms with Crippen LogP contribution in [0.2, 0.25) is 0 Å². The van der Waals surface area contributed by atoms with Gasteiger partial charge in [-0.1, -0.05) is 13.8 Å². The van der Waals surface area contributed by atoms with Gasteiger partial charge in [-0.15, -0.1) is 0 Å². The summed E-state index contributed by atoms with van der Waals surface area (Å²) >= 11 is 0. The fourth-order valence-corrected chi connectivity index (χ4v) is 8.76. The van der Waals surface area contributed by atoms with Crippen LogP contribution in [-0.4, -0.2) is 35.3 Å². The van der Waals surface area contributed by atoms with Crippen LogP contribution >= 0.6 is 0 Å². The molecule has 5 unspecified atom stereocenters. The standard InChI is InChI=1S/C24H30O5.K.H/c1-11(25)24(29-12(2)26)8-6-14-19-15(5-7-22(14,24)3)23(4)16-9-13(16)18(27)10-17(23)20-21(19)28-20;;/h10,13-16,19-21H,5-9H2,1-4H3;;/q;+1;-1/t13-,14?,15?,16?,19?,20?,21+,22+,23+,24+;;/m1../s1. The first-order chi connectivity index (χ1) is 13.6. The van der Waals surface area contributed by atoms with Crippen molar-refractivity contribution in [3.8, 4) is 0 Å². The van der Waals surface area contributed by atoms with Crippen LogP contribution in [0.25, 0.3) is 0 Å². The van der Waals surface area contributed by atoms with Crippen LogP contribution in [0.4, 0.5) is 0 Å². The number of ketones is 2. The number of epoxide rings is 1. The van der Waals surface area contributed by atoms with Gasteiger partial charge in [0.1, 0.15) is 6.10 Å². The fourth-order valence-electron chi connectivity index (χ4n) is 8.76. The summed E-state index contributed by atoms with van der Waals surface area (Å²) in [5.74, 6) is 1.79. The molecule has 1 saturated heterocycles. The molecule has 5 fully saturated rings. The summed E-state index contributed by atoms with van der Waals surface area (Å²) < 4.78 is 12.1. The van der Waals surface area contributed by atoms with E-state index < -0.39 is 5.60 Å². The molecular formula is C24H31KO5. The maximum atomic E-state index is 12.8. The predicted octanol–water partition coefficient (Wildman–Crippen LogP) is 0.369. The zero-order chi connectivity index (χ0) is 20.5. The van der Waals surface area contributed by atoms with Gasteiger partial charge >= 0.3 is 57.4 Å². The van der Waals surface area contributed by atoms with Gasteiger partial charge in [0, 0.05) is 18.3 Å². The van der Waals surface area contributed by atoms with Crippen LogP contribution in [0.15, 0.2) is 11.6 Å². The Morgan fingerprint density at radius 2 is 1.83 bits per heavy atom. The van der Waals surface area contributed by atoms with E-state index in [0.29, 0.717) is 35.9 Å². The van der Waals surface area contributed by atoms with Gasteiger partial charge in [-0.3, -0.25) is 14.4 Å². The average Bonchev–Trinajstić information content (AvgIpc) is 3.54. The van der Waals surface area contributed by atoms with Gasteiger partial charge in [-0.2, -0.15) is 0 Å². The number of hydrogen-bond acceptors (Lipinski definition) is 5. The molecule has 0 aromatic rings.